The number of hydrogen-bond acceptors (Lipinski definition) is 5. The third-order valence-corrected chi connectivity index (χ3v) is 2.70. The Bertz CT molecular complexity index is 493. The molecule has 0 saturated carbocycles. The molecule has 1 aromatic rings. The molecule has 0 amide bonds. The van der Waals surface area contributed by atoms with E-state index in [0.717, 1.165) is 0 Å². The lowest BCUT2D eigenvalue weighted by atomic mass is 10.2. The fourth-order valence-corrected chi connectivity index (χ4v) is 1.70. The van der Waals surface area contributed by atoms with Crippen LogP contribution >= 0.6 is 11.6 Å². The zero-order valence-electron chi connectivity index (χ0n) is 10.7. The van der Waals surface area contributed by atoms with Crippen LogP contribution in [0.25, 0.3) is 0 Å². The van der Waals surface area contributed by atoms with E-state index < -0.39 is 17.0 Å². The number of non-ortho nitro benzene ring substituents is 1. The number of halogens is 1. The number of benzene rings is 1. The van der Waals surface area contributed by atoms with Gasteiger partial charge in [0.05, 0.1) is 16.6 Å². The van der Waals surface area contributed by atoms with Gasteiger partial charge in [-0.15, -0.1) is 0 Å². The quantitative estimate of drug-likeness (QED) is 0.585. The van der Waals surface area contributed by atoms with E-state index in [1.807, 2.05) is 0 Å². The number of rotatable bonds is 8. The summed E-state index contributed by atoms with van der Waals surface area (Å²) in [6.45, 7) is 2.06. The molecule has 1 aromatic carbocycles. The standard InChI is InChI=1S/C12H14ClNO6/c1-2-19-11(12(15)16)5-6-20-10-4-3-8(14(17)18)7-9(10)13/h3-4,7,11H,2,5-6H2,1H3,(H,15,16). The lowest BCUT2D eigenvalue weighted by Crippen LogP contribution is -2.26. The van der Waals surface area contributed by atoms with Crippen LogP contribution in [0.3, 0.4) is 0 Å². The Morgan fingerprint density at radius 3 is 2.75 bits per heavy atom. The van der Waals surface area contributed by atoms with Gasteiger partial charge < -0.3 is 14.6 Å². The first kappa shape index (κ1) is 16.2. The zero-order chi connectivity index (χ0) is 15.1. The molecular weight excluding hydrogens is 290 g/mol. The Hall–Kier alpha value is -1.86. The van der Waals surface area contributed by atoms with Gasteiger partial charge in [0.25, 0.3) is 5.69 Å². The molecule has 0 radical (unpaired) electrons. The summed E-state index contributed by atoms with van der Waals surface area (Å²) in [6, 6.07) is 3.81. The van der Waals surface area contributed by atoms with Crippen LogP contribution in [-0.2, 0) is 9.53 Å². The van der Waals surface area contributed by atoms with Crippen molar-refractivity contribution in [2.75, 3.05) is 13.2 Å². The second-order valence-electron chi connectivity index (χ2n) is 3.79. The average molecular weight is 304 g/mol. The number of hydrogen-bond donors (Lipinski definition) is 1. The van der Waals surface area contributed by atoms with Gasteiger partial charge in [-0.2, -0.15) is 0 Å². The Kier molecular flexibility index (Phi) is 6.20. The van der Waals surface area contributed by atoms with Crippen LogP contribution in [0.1, 0.15) is 13.3 Å². The van der Waals surface area contributed by atoms with E-state index in [0.29, 0.717) is 0 Å². The van der Waals surface area contributed by atoms with Crippen molar-refractivity contribution in [3.63, 3.8) is 0 Å². The van der Waals surface area contributed by atoms with Gasteiger partial charge in [-0.3, -0.25) is 10.1 Å². The maximum absolute atomic E-state index is 10.8. The van der Waals surface area contributed by atoms with Crippen molar-refractivity contribution in [2.24, 2.45) is 0 Å². The molecule has 0 aromatic heterocycles. The second kappa shape index (κ2) is 7.66. The molecule has 0 aliphatic rings. The Morgan fingerprint density at radius 2 is 2.25 bits per heavy atom. The monoisotopic (exact) mass is 303 g/mol. The third-order valence-electron chi connectivity index (χ3n) is 2.41. The molecule has 1 atom stereocenters. The van der Waals surface area contributed by atoms with Gasteiger partial charge in [0, 0.05) is 25.2 Å². The number of nitro benzene ring substituents is 1. The smallest absolute Gasteiger partial charge is 0.332 e. The molecule has 1 N–H and O–H groups in total. The van der Waals surface area contributed by atoms with E-state index in [1.165, 1.54) is 18.2 Å². The van der Waals surface area contributed by atoms with Gasteiger partial charge in [-0.1, -0.05) is 11.6 Å². The van der Waals surface area contributed by atoms with Crippen molar-refractivity contribution < 1.29 is 24.3 Å². The number of carboxylic acids is 1. The fourth-order valence-electron chi connectivity index (χ4n) is 1.48. The molecule has 0 aliphatic carbocycles. The summed E-state index contributed by atoms with van der Waals surface area (Å²) in [7, 11) is 0. The topological polar surface area (TPSA) is 98.9 Å². The van der Waals surface area contributed by atoms with E-state index >= 15 is 0 Å². The van der Waals surface area contributed by atoms with E-state index in [-0.39, 0.29) is 36.1 Å². The van der Waals surface area contributed by atoms with Crippen LogP contribution in [0.2, 0.25) is 5.02 Å². The van der Waals surface area contributed by atoms with Gasteiger partial charge in [0.15, 0.2) is 6.10 Å². The number of aliphatic carboxylic acids is 1. The maximum Gasteiger partial charge on any atom is 0.332 e. The minimum atomic E-state index is -1.06. The molecule has 0 heterocycles. The van der Waals surface area contributed by atoms with Crippen LogP contribution in [-0.4, -0.2) is 35.3 Å². The van der Waals surface area contributed by atoms with E-state index in [1.54, 1.807) is 6.92 Å². The summed E-state index contributed by atoms with van der Waals surface area (Å²) in [6.07, 6.45) is -0.798. The van der Waals surface area contributed by atoms with Crippen molar-refractivity contribution in [3.05, 3.63) is 33.3 Å². The van der Waals surface area contributed by atoms with Crippen LogP contribution in [0.4, 0.5) is 5.69 Å². The summed E-state index contributed by atoms with van der Waals surface area (Å²) in [4.78, 5) is 20.8. The number of nitro groups is 1. The third kappa shape index (κ3) is 4.67. The first-order chi connectivity index (χ1) is 9.45. The predicted octanol–water partition coefficient (Wildman–Crippen LogP) is 2.51. The summed E-state index contributed by atoms with van der Waals surface area (Å²) in [5.41, 5.74) is -0.139. The molecule has 110 valence electrons. The summed E-state index contributed by atoms with van der Waals surface area (Å²) < 4.78 is 10.3. The molecule has 20 heavy (non-hydrogen) atoms. The lowest BCUT2D eigenvalue weighted by Gasteiger charge is -2.13. The molecule has 1 unspecified atom stereocenters. The van der Waals surface area contributed by atoms with Crippen LogP contribution in [0.15, 0.2) is 18.2 Å². The van der Waals surface area contributed by atoms with E-state index in [2.05, 4.69) is 0 Å². The normalized spacial score (nSPS) is 11.9. The Morgan fingerprint density at radius 1 is 1.55 bits per heavy atom. The first-order valence-corrected chi connectivity index (χ1v) is 6.24. The highest BCUT2D eigenvalue weighted by Gasteiger charge is 2.18. The van der Waals surface area contributed by atoms with Gasteiger partial charge >= 0.3 is 5.97 Å². The largest absolute Gasteiger partial charge is 0.492 e. The molecule has 1 rings (SSSR count). The molecule has 0 aliphatic heterocycles. The molecular formula is C12H14ClNO6. The molecule has 0 spiro atoms. The van der Waals surface area contributed by atoms with Crippen molar-refractivity contribution in [2.45, 2.75) is 19.4 Å². The van der Waals surface area contributed by atoms with Gasteiger partial charge in [-0.25, -0.2) is 4.79 Å². The van der Waals surface area contributed by atoms with Crippen molar-refractivity contribution >= 4 is 23.3 Å². The number of carboxylic acid groups (broad SMARTS) is 1. The fraction of sp³-hybridized carbons (Fsp3) is 0.417. The van der Waals surface area contributed by atoms with E-state index in [9.17, 15) is 14.9 Å². The minimum absolute atomic E-state index is 0.0779. The lowest BCUT2D eigenvalue weighted by molar-refractivity contribution is -0.384. The Balaban J connectivity index is 2.57. The van der Waals surface area contributed by atoms with Gasteiger partial charge in [0.1, 0.15) is 5.75 Å². The highest BCUT2D eigenvalue weighted by molar-refractivity contribution is 6.32. The molecule has 0 fully saturated rings. The molecule has 0 bridgehead atoms. The second-order valence-corrected chi connectivity index (χ2v) is 4.20. The van der Waals surface area contributed by atoms with Crippen molar-refractivity contribution in [3.8, 4) is 5.75 Å². The summed E-state index contributed by atoms with van der Waals surface area (Å²) in [5, 5.41) is 19.5. The highest BCUT2D eigenvalue weighted by atomic mass is 35.5. The summed E-state index contributed by atoms with van der Waals surface area (Å²) in [5.74, 6) is -0.803. The SMILES string of the molecule is CCOC(CCOc1ccc([N+](=O)[O-])cc1Cl)C(=O)O. The predicted molar refractivity (Wildman–Crippen MR) is 71.3 cm³/mol. The van der Waals surface area contributed by atoms with Crippen molar-refractivity contribution in [1.29, 1.82) is 0 Å². The molecule has 7 nitrogen and oxygen atoms in total. The van der Waals surface area contributed by atoms with E-state index in [4.69, 9.17) is 26.2 Å². The van der Waals surface area contributed by atoms with Gasteiger partial charge in [0.2, 0.25) is 0 Å². The van der Waals surface area contributed by atoms with Crippen LogP contribution in [0, 0.1) is 10.1 Å². The first-order valence-electron chi connectivity index (χ1n) is 5.86. The van der Waals surface area contributed by atoms with Gasteiger partial charge in [-0.05, 0) is 13.0 Å². The minimum Gasteiger partial charge on any atom is -0.492 e. The average Bonchev–Trinajstić information content (AvgIpc) is 2.39. The summed E-state index contributed by atoms with van der Waals surface area (Å²) >= 11 is 5.84. The number of carbonyl (C=O) groups is 1. The van der Waals surface area contributed by atoms with Crippen LogP contribution < -0.4 is 4.74 Å². The number of nitrogens with zero attached hydrogens (tertiary/aromatic N) is 1. The highest BCUT2D eigenvalue weighted by Crippen LogP contribution is 2.28. The van der Waals surface area contributed by atoms with Crippen molar-refractivity contribution in [1.82, 2.24) is 0 Å². The maximum atomic E-state index is 10.8. The van der Waals surface area contributed by atoms with Crippen LogP contribution in [0.5, 0.6) is 5.75 Å². The number of ether oxygens (including phenoxy) is 2. The zero-order valence-corrected chi connectivity index (χ0v) is 11.5. The Labute approximate surface area is 120 Å². The molecule has 8 heteroatoms. The molecule has 0 saturated heterocycles.